The summed E-state index contributed by atoms with van der Waals surface area (Å²) in [6.45, 7) is -1.33. The van der Waals surface area contributed by atoms with Gasteiger partial charge in [0.25, 0.3) is 0 Å². The summed E-state index contributed by atoms with van der Waals surface area (Å²) in [7, 11) is 0. The molecule has 0 heterocycles. The fourth-order valence-electron chi connectivity index (χ4n) is 3.00. The van der Waals surface area contributed by atoms with E-state index in [0.717, 1.165) is 0 Å². The molecule has 1 rings (SSSR count). The smallest absolute Gasteiger partial charge is 0.436 e. The van der Waals surface area contributed by atoms with Crippen LogP contribution in [0.3, 0.4) is 0 Å². The number of rotatable bonds is 7. The van der Waals surface area contributed by atoms with E-state index in [2.05, 4.69) is 14.2 Å². The van der Waals surface area contributed by atoms with E-state index in [1.807, 2.05) is 0 Å². The van der Waals surface area contributed by atoms with Gasteiger partial charge in [0.1, 0.15) is 0 Å². The van der Waals surface area contributed by atoms with Crippen LogP contribution in [0.25, 0.3) is 0 Å². The molecule has 42 heavy (non-hydrogen) atoms. The molecule has 0 aromatic heterocycles. The monoisotopic (exact) mass is 662 g/mol. The highest BCUT2D eigenvalue weighted by Crippen LogP contribution is 2.60. The number of carboxylic acid groups (broad SMARTS) is 1. The number of hydrogen-bond donors (Lipinski definition) is 1. The number of benzene rings is 1. The largest absolute Gasteiger partial charge is 0.478 e. The molecule has 0 unspecified atom stereocenters. The van der Waals surface area contributed by atoms with Crippen LogP contribution in [0.1, 0.15) is 27.6 Å². The van der Waals surface area contributed by atoms with E-state index >= 15 is 0 Å². The third-order valence-corrected chi connectivity index (χ3v) is 4.73. The minimum Gasteiger partial charge on any atom is -0.478 e. The molecular weight excluding hydrogens is 654 g/mol. The molecule has 0 spiro atoms. The van der Waals surface area contributed by atoms with Gasteiger partial charge in [-0.2, -0.15) is 79.0 Å². The molecule has 0 amide bonds. The van der Waals surface area contributed by atoms with Crippen LogP contribution in [0, 0.1) is 0 Å². The zero-order valence-electron chi connectivity index (χ0n) is 19.1. The van der Waals surface area contributed by atoms with Gasteiger partial charge in [0.15, 0.2) is 0 Å². The molecule has 0 radical (unpaired) electrons. The van der Waals surface area contributed by atoms with Gasteiger partial charge in [-0.25, -0.2) is 9.59 Å². The molecule has 0 saturated heterocycles. The Labute approximate surface area is 217 Å². The van der Waals surface area contributed by atoms with Crippen LogP contribution >= 0.6 is 0 Å². The topological polar surface area (TPSA) is 82.1 Å². The Hall–Kier alpha value is -3.18. The molecule has 1 aromatic carbocycles. The highest BCUT2D eigenvalue weighted by molar-refractivity contribution is 6.02. The molecule has 0 fully saturated rings. The number of carbonyl (C=O) groups excluding carboxylic acids is 1. The first-order chi connectivity index (χ1) is 18.2. The van der Waals surface area contributed by atoms with E-state index in [1.54, 1.807) is 0 Å². The van der Waals surface area contributed by atoms with Gasteiger partial charge in [-0.05, 0) is 12.1 Å². The predicted molar refractivity (Wildman–Crippen MR) is 91.2 cm³/mol. The van der Waals surface area contributed by atoms with E-state index in [4.69, 9.17) is 5.11 Å². The number of esters is 1. The summed E-state index contributed by atoms with van der Waals surface area (Å²) < 4.78 is 249. The first-order valence-electron chi connectivity index (χ1n) is 9.59. The number of halogens is 18. The molecule has 1 N–H and O–H groups in total. The number of carboxylic acids is 1. The summed E-state index contributed by atoms with van der Waals surface area (Å²) in [4.78, 5) is 23.5. The fraction of sp³-hybridized carbons (Fsp3) is 0.556. The van der Waals surface area contributed by atoms with E-state index < -0.39 is 84.2 Å². The quantitative estimate of drug-likeness (QED) is 0.191. The van der Waals surface area contributed by atoms with Crippen molar-refractivity contribution in [2.24, 2.45) is 0 Å². The Bertz CT molecular complexity index is 1030. The van der Waals surface area contributed by atoms with Crippen LogP contribution in [-0.2, 0) is 14.2 Å². The van der Waals surface area contributed by atoms with E-state index in [0.29, 0.717) is 18.2 Å². The summed E-state index contributed by atoms with van der Waals surface area (Å²) in [5, 5.41) is 8.96. The number of carbonyl (C=O) groups is 2. The van der Waals surface area contributed by atoms with Gasteiger partial charge in [0, 0.05) is 6.92 Å². The molecule has 0 aliphatic heterocycles. The fourth-order valence-corrected chi connectivity index (χ4v) is 3.00. The summed E-state index contributed by atoms with van der Waals surface area (Å²) in [5.74, 6) is -11.6. The summed E-state index contributed by atoms with van der Waals surface area (Å²) in [6.07, 6.45) is -48.3. The molecule has 0 saturated carbocycles. The van der Waals surface area contributed by atoms with Crippen molar-refractivity contribution in [3.05, 3.63) is 35.4 Å². The van der Waals surface area contributed by atoms with Crippen molar-refractivity contribution >= 4 is 11.9 Å². The molecule has 0 atom stereocenters. The van der Waals surface area contributed by atoms with Crippen molar-refractivity contribution in [1.29, 1.82) is 0 Å². The maximum atomic E-state index is 13.4. The minimum atomic E-state index is -8.04. The van der Waals surface area contributed by atoms with Crippen molar-refractivity contribution in [3.8, 4) is 0 Å². The zero-order valence-corrected chi connectivity index (χ0v) is 19.1. The lowest BCUT2D eigenvalue weighted by atomic mass is 10.0. The van der Waals surface area contributed by atoms with Crippen molar-refractivity contribution in [2.45, 2.75) is 61.2 Å². The zero-order chi connectivity index (χ0) is 33.8. The number of aromatic carboxylic acids is 1. The first kappa shape index (κ1) is 36.8. The van der Waals surface area contributed by atoms with Crippen LogP contribution < -0.4 is 0 Å². The van der Waals surface area contributed by atoms with Crippen molar-refractivity contribution in [2.75, 3.05) is 0 Å². The summed E-state index contributed by atoms with van der Waals surface area (Å²) >= 11 is 0. The minimum absolute atomic E-state index is 0.126. The maximum Gasteiger partial charge on any atom is 0.436 e. The van der Waals surface area contributed by atoms with Gasteiger partial charge in [-0.15, -0.1) is 0 Å². The van der Waals surface area contributed by atoms with E-state index in [9.17, 15) is 88.6 Å². The van der Waals surface area contributed by atoms with Gasteiger partial charge in [-0.1, -0.05) is 12.1 Å². The maximum absolute atomic E-state index is 13.4. The Morgan fingerprint density at radius 2 is 0.810 bits per heavy atom. The van der Waals surface area contributed by atoms with Gasteiger partial charge in [0.2, 0.25) is 0 Å². The third kappa shape index (κ3) is 6.27. The standard InChI is InChI=1S/C18H8F18O6/c1-10(40-9(39)7-5-3-2-4-6(7)8(37)38,41-11(13(19,20)21,14(22,23)24)15(25,26)27)42-12(16(28,29)30,17(31,32)33)18(34,35)36/h2-5H,1H3,(H,37,38). The average Bonchev–Trinajstić information content (AvgIpc) is 2.70. The average molecular weight is 662 g/mol. The third-order valence-electron chi connectivity index (χ3n) is 4.73. The second-order valence-corrected chi connectivity index (χ2v) is 7.66. The number of hydrogen-bond acceptors (Lipinski definition) is 5. The summed E-state index contributed by atoms with van der Waals surface area (Å²) in [5.41, 5.74) is -19.3. The van der Waals surface area contributed by atoms with Crippen molar-refractivity contribution < 1.29 is 108 Å². The molecular formula is C18H8F18O6. The lowest BCUT2D eigenvalue weighted by Crippen LogP contribution is -2.74. The van der Waals surface area contributed by atoms with Gasteiger partial charge in [0.05, 0.1) is 11.1 Å². The van der Waals surface area contributed by atoms with Crippen molar-refractivity contribution in [3.63, 3.8) is 0 Å². The lowest BCUT2D eigenvalue weighted by molar-refractivity contribution is -0.563. The second-order valence-electron chi connectivity index (χ2n) is 7.66. The normalized spacial score (nSPS) is 15.0. The highest BCUT2D eigenvalue weighted by atomic mass is 19.4. The highest BCUT2D eigenvalue weighted by Gasteiger charge is 2.90. The van der Waals surface area contributed by atoms with Crippen LogP contribution in [-0.4, -0.2) is 71.3 Å². The predicted octanol–water partition coefficient (Wildman–Crippen LogP) is 7.10. The van der Waals surface area contributed by atoms with Gasteiger partial charge >= 0.3 is 66.2 Å². The van der Waals surface area contributed by atoms with E-state index in [-0.39, 0.29) is 6.07 Å². The Morgan fingerprint density at radius 1 is 0.548 bits per heavy atom. The van der Waals surface area contributed by atoms with Crippen LogP contribution in [0.4, 0.5) is 79.0 Å². The second kappa shape index (κ2) is 10.5. The van der Waals surface area contributed by atoms with Crippen LogP contribution in [0.5, 0.6) is 0 Å². The van der Waals surface area contributed by atoms with Crippen molar-refractivity contribution in [1.82, 2.24) is 0 Å². The Balaban J connectivity index is 4.27. The van der Waals surface area contributed by atoms with Gasteiger partial charge in [-0.3, -0.25) is 9.47 Å². The lowest BCUT2D eigenvalue weighted by Gasteiger charge is -2.47. The first-order valence-corrected chi connectivity index (χ1v) is 9.59. The van der Waals surface area contributed by atoms with Crippen LogP contribution in [0.2, 0.25) is 0 Å². The molecule has 0 aliphatic carbocycles. The molecule has 242 valence electrons. The molecule has 1 aromatic rings. The molecule has 24 heteroatoms. The number of ether oxygens (including phenoxy) is 3. The molecule has 0 bridgehead atoms. The SMILES string of the molecule is CC(OC(=O)c1ccccc1C(=O)O)(OC(C(F)(F)F)(C(F)(F)F)C(F)(F)F)OC(C(F)(F)F)(C(F)(F)F)C(F)(F)F. The Morgan fingerprint density at radius 3 is 1.05 bits per heavy atom. The van der Waals surface area contributed by atoms with Crippen LogP contribution in [0.15, 0.2) is 24.3 Å². The number of alkyl halides is 18. The van der Waals surface area contributed by atoms with Gasteiger partial charge < -0.3 is 9.84 Å². The van der Waals surface area contributed by atoms with E-state index in [1.165, 1.54) is 0 Å². The summed E-state index contributed by atoms with van der Waals surface area (Å²) in [6, 6.07) is 1.67. The molecule has 0 aliphatic rings. The Kier molecular flexibility index (Phi) is 9.23. The molecule has 6 nitrogen and oxygen atoms in total.